The summed E-state index contributed by atoms with van der Waals surface area (Å²) in [6.45, 7) is 10.8. The summed E-state index contributed by atoms with van der Waals surface area (Å²) in [4.78, 5) is 12.4. The average molecular weight is 280 g/mol. The maximum atomic E-state index is 12.4. The van der Waals surface area contributed by atoms with Crippen molar-refractivity contribution < 1.29 is 4.79 Å². The second-order valence-corrected chi connectivity index (χ2v) is 6.66. The number of anilines is 1. The van der Waals surface area contributed by atoms with Crippen LogP contribution in [0.15, 0.2) is 6.07 Å². The Morgan fingerprint density at radius 2 is 1.95 bits per heavy atom. The van der Waals surface area contributed by atoms with Gasteiger partial charge in [-0.2, -0.15) is 5.10 Å². The number of carbonyl (C=O) groups excluding carboxylic acids is 1. The summed E-state index contributed by atoms with van der Waals surface area (Å²) in [5.74, 6) is 0.535. The number of aromatic nitrogens is 2. The number of carbonyl (C=O) groups is 1. The molecule has 1 amide bonds. The van der Waals surface area contributed by atoms with Crippen LogP contribution in [0.2, 0.25) is 0 Å². The molecule has 0 unspecified atom stereocenters. The van der Waals surface area contributed by atoms with Crippen LogP contribution < -0.4 is 11.1 Å². The number of H-pyrrole nitrogens is 1. The van der Waals surface area contributed by atoms with Gasteiger partial charge in [0.15, 0.2) is 5.82 Å². The summed E-state index contributed by atoms with van der Waals surface area (Å²) in [6, 6.07) is 1.90. The van der Waals surface area contributed by atoms with E-state index in [4.69, 9.17) is 5.73 Å². The predicted octanol–water partition coefficient (Wildman–Crippen LogP) is 2.70. The van der Waals surface area contributed by atoms with E-state index in [1.165, 1.54) is 0 Å². The molecular weight excluding hydrogens is 252 g/mol. The van der Waals surface area contributed by atoms with Gasteiger partial charge in [0.25, 0.3) is 0 Å². The lowest BCUT2D eigenvalue weighted by Crippen LogP contribution is -2.41. The van der Waals surface area contributed by atoms with E-state index in [1.807, 2.05) is 19.9 Å². The number of nitrogens with two attached hydrogens (primary N) is 1. The molecule has 0 atom stereocenters. The summed E-state index contributed by atoms with van der Waals surface area (Å²) in [6.07, 6.45) is 2.34. The first-order chi connectivity index (χ1) is 9.26. The SMILES string of the molecule is CCC(CC)(CN)C(=O)Nc1cc(CC(C)(C)C)[nH]n1. The van der Waals surface area contributed by atoms with Crippen molar-refractivity contribution in [3.8, 4) is 0 Å². The topological polar surface area (TPSA) is 83.8 Å². The van der Waals surface area contributed by atoms with Gasteiger partial charge in [0.2, 0.25) is 5.91 Å². The van der Waals surface area contributed by atoms with Crippen LogP contribution in [0, 0.1) is 10.8 Å². The van der Waals surface area contributed by atoms with Gasteiger partial charge in [-0.05, 0) is 24.7 Å². The molecule has 4 N–H and O–H groups in total. The molecule has 0 fully saturated rings. The van der Waals surface area contributed by atoms with Gasteiger partial charge in [-0.15, -0.1) is 0 Å². The van der Waals surface area contributed by atoms with E-state index in [-0.39, 0.29) is 11.3 Å². The highest BCUT2D eigenvalue weighted by Gasteiger charge is 2.33. The van der Waals surface area contributed by atoms with Gasteiger partial charge < -0.3 is 11.1 Å². The minimum atomic E-state index is -0.497. The van der Waals surface area contributed by atoms with Crippen molar-refractivity contribution in [2.45, 2.75) is 53.9 Å². The lowest BCUT2D eigenvalue weighted by Gasteiger charge is -2.27. The summed E-state index contributed by atoms with van der Waals surface area (Å²) in [5, 5.41) is 10.0. The third kappa shape index (κ3) is 4.07. The van der Waals surface area contributed by atoms with E-state index in [9.17, 15) is 4.79 Å². The van der Waals surface area contributed by atoms with Gasteiger partial charge >= 0.3 is 0 Å². The van der Waals surface area contributed by atoms with E-state index >= 15 is 0 Å². The first kappa shape index (κ1) is 16.7. The molecule has 5 nitrogen and oxygen atoms in total. The summed E-state index contributed by atoms with van der Waals surface area (Å²) in [5.41, 5.74) is 6.50. The van der Waals surface area contributed by atoms with Crippen LogP contribution in [0.25, 0.3) is 0 Å². The van der Waals surface area contributed by atoms with Crippen LogP contribution in [-0.2, 0) is 11.2 Å². The van der Waals surface area contributed by atoms with Crippen molar-refractivity contribution in [3.05, 3.63) is 11.8 Å². The fraction of sp³-hybridized carbons (Fsp3) is 0.733. The van der Waals surface area contributed by atoms with Crippen molar-refractivity contribution >= 4 is 11.7 Å². The zero-order chi connectivity index (χ0) is 15.4. The Balaban J connectivity index is 2.76. The zero-order valence-corrected chi connectivity index (χ0v) is 13.3. The van der Waals surface area contributed by atoms with Gasteiger partial charge in [-0.3, -0.25) is 9.89 Å². The summed E-state index contributed by atoms with van der Waals surface area (Å²) < 4.78 is 0. The van der Waals surface area contributed by atoms with Crippen LogP contribution >= 0.6 is 0 Å². The summed E-state index contributed by atoms with van der Waals surface area (Å²) >= 11 is 0. The lowest BCUT2D eigenvalue weighted by molar-refractivity contribution is -0.125. The molecule has 0 aliphatic heterocycles. The normalized spacial score (nSPS) is 12.5. The Hall–Kier alpha value is -1.36. The van der Waals surface area contributed by atoms with Crippen molar-refractivity contribution in [1.82, 2.24) is 10.2 Å². The molecule has 0 spiro atoms. The Labute approximate surface area is 121 Å². The smallest absolute Gasteiger partial charge is 0.233 e. The monoisotopic (exact) mass is 280 g/mol. The lowest BCUT2D eigenvalue weighted by atomic mass is 9.81. The minimum absolute atomic E-state index is 0.0428. The maximum absolute atomic E-state index is 12.4. The molecule has 0 radical (unpaired) electrons. The Kier molecular flexibility index (Phi) is 5.34. The van der Waals surface area contributed by atoms with Gasteiger partial charge in [-0.25, -0.2) is 0 Å². The van der Waals surface area contributed by atoms with E-state index in [0.29, 0.717) is 12.4 Å². The molecule has 20 heavy (non-hydrogen) atoms. The maximum Gasteiger partial charge on any atom is 0.233 e. The van der Waals surface area contributed by atoms with Crippen LogP contribution in [-0.4, -0.2) is 22.6 Å². The standard InChI is InChI=1S/C15H28N4O/c1-6-15(7-2,10-16)13(20)17-12-8-11(18-19-12)9-14(3,4)5/h8H,6-7,9-10,16H2,1-5H3,(H2,17,18,19,20). The number of hydrogen-bond donors (Lipinski definition) is 3. The van der Waals surface area contributed by atoms with E-state index in [0.717, 1.165) is 25.0 Å². The van der Waals surface area contributed by atoms with Crippen molar-refractivity contribution in [1.29, 1.82) is 0 Å². The highest BCUT2D eigenvalue weighted by atomic mass is 16.2. The molecule has 0 bridgehead atoms. The minimum Gasteiger partial charge on any atom is -0.329 e. The van der Waals surface area contributed by atoms with Crippen LogP contribution in [0.3, 0.4) is 0 Å². The van der Waals surface area contributed by atoms with Gasteiger partial charge in [0.1, 0.15) is 0 Å². The fourth-order valence-corrected chi connectivity index (χ4v) is 2.29. The molecule has 1 rings (SSSR count). The zero-order valence-electron chi connectivity index (χ0n) is 13.3. The third-order valence-electron chi connectivity index (χ3n) is 3.82. The van der Waals surface area contributed by atoms with Crippen molar-refractivity contribution in [2.75, 3.05) is 11.9 Å². The fourth-order valence-electron chi connectivity index (χ4n) is 2.29. The van der Waals surface area contributed by atoms with Crippen molar-refractivity contribution in [3.63, 3.8) is 0 Å². The van der Waals surface area contributed by atoms with E-state index in [2.05, 4.69) is 36.3 Å². The number of hydrogen-bond acceptors (Lipinski definition) is 3. The third-order valence-corrected chi connectivity index (χ3v) is 3.82. The number of nitrogens with zero attached hydrogens (tertiary/aromatic N) is 1. The molecule has 0 aliphatic rings. The second-order valence-electron chi connectivity index (χ2n) is 6.66. The first-order valence-corrected chi connectivity index (χ1v) is 7.32. The van der Waals surface area contributed by atoms with E-state index in [1.54, 1.807) is 0 Å². The quantitative estimate of drug-likeness (QED) is 0.749. The molecule has 114 valence electrons. The molecule has 0 saturated carbocycles. The molecule has 0 aliphatic carbocycles. The van der Waals surface area contributed by atoms with Gasteiger partial charge in [0.05, 0.1) is 5.41 Å². The Bertz CT molecular complexity index is 433. The summed E-state index contributed by atoms with van der Waals surface area (Å²) in [7, 11) is 0. The molecular formula is C15H28N4O. The van der Waals surface area contributed by atoms with Gasteiger partial charge in [-0.1, -0.05) is 34.6 Å². The molecule has 5 heteroatoms. The largest absolute Gasteiger partial charge is 0.329 e. The van der Waals surface area contributed by atoms with Crippen molar-refractivity contribution in [2.24, 2.45) is 16.6 Å². The number of aromatic amines is 1. The molecule has 1 aromatic rings. The number of amides is 1. The second kappa shape index (κ2) is 6.39. The van der Waals surface area contributed by atoms with Crippen LogP contribution in [0.1, 0.15) is 53.2 Å². The molecule has 1 heterocycles. The average Bonchev–Trinajstić information content (AvgIpc) is 2.77. The molecule has 0 saturated heterocycles. The predicted molar refractivity (Wildman–Crippen MR) is 82.4 cm³/mol. The van der Waals surface area contributed by atoms with Crippen LogP contribution in [0.5, 0.6) is 0 Å². The highest BCUT2D eigenvalue weighted by molar-refractivity contribution is 5.94. The van der Waals surface area contributed by atoms with Gasteiger partial charge in [0, 0.05) is 18.3 Å². The number of nitrogens with one attached hydrogen (secondary N) is 2. The van der Waals surface area contributed by atoms with E-state index < -0.39 is 5.41 Å². The Morgan fingerprint density at radius 1 is 1.35 bits per heavy atom. The Morgan fingerprint density at radius 3 is 2.40 bits per heavy atom. The number of rotatable bonds is 6. The molecule has 0 aromatic carbocycles. The first-order valence-electron chi connectivity index (χ1n) is 7.32. The van der Waals surface area contributed by atoms with Crippen LogP contribution in [0.4, 0.5) is 5.82 Å². The molecule has 1 aromatic heterocycles. The highest BCUT2D eigenvalue weighted by Crippen LogP contribution is 2.27.